The highest BCUT2D eigenvalue weighted by Crippen LogP contribution is 2.34. The normalized spacial score (nSPS) is 11.8. The van der Waals surface area contributed by atoms with Crippen LogP contribution in [0.25, 0.3) is 51.8 Å². The van der Waals surface area contributed by atoms with Gasteiger partial charge in [-0.3, -0.25) is 4.98 Å². The van der Waals surface area contributed by atoms with E-state index in [1.807, 2.05) is 36.1 Å². The topological polar surface area (TPSA) is 21.7 Å². The molecule has 0 fully saturated rings. The Labute approximate surface area is 210 Å². The van der Waals surface area contributed by atoms with Gasteiger partial charge in [-0.05, 0) is 70.8 Å². The quantitative estimate of drug-likeness (QED) is 0.245. The number of para-hydroxylation sites is 1. The number of benzene rings is 3. The fourth-order valence-electron chi connectivity index (χ4n) is 4.60. The lowest BCUT2D eigenvalue weighted by molar-refractivity contribution is -0.671. The predicted octanol–water partition coefficient (Wildman–Crippen LogP) is 7.34. The summed E-state index contributed by atoms with van der Waals surface area (Å²) in [6.45, 7) is 0. The number of hydrogen-bond acceptors (Lipinski definition) is 1. The number of hydrogen-bond donors (Lipinski definition) is 0. The molecule has 3 nitrogen and oxygen atoms in total. The lowest BCUT2D eigenvalue weighted by Gasteiger charge is -2.07. The Balaban J connectivity index is 1.48. The molecule has 6 aromatic rings. The molecule has 0 aliphatic carbocycles. The molecule has 3 aromatic carbocycles. The molecule has 0 aliphatic heterocycles. The van der Waals surface area contributed by atoms with Crippen molar-refractivity contribution in [3.05, 3.63) is 138 Å². The zero-order valence-corrected chi connectivity index (χ0v) is 20.1. The Morgan fingerprint density at radius 2 is 1.11 bits per heavy atom. The second-order valence-electron chi connectivity index (χ2n) is 8.97. The Kier molecular flexibility index (Phi) is 5.72. The van der Waals surface area contributed by atoms with Gasteiger partial charge in [0, 0.05) is 41.0 Å². The van der Waals surface area contributed by atoms with E-state index in [0.717, 1.165) is 11.3 Å². The molecule has 0 aliphatic rings. The highest BCUT2D eigenvalue weighted by atomic mass is 15.0. The molecule has 3 aromatic heterocycles. The molecular formula is C33H26N3+. The fourth-order valence-corrected chi connectivity index (χ4v) is 4.60. The van der Waals surface area contributed by atoms with Gasteiger partial charge in [0.25, 0.3) is 0 Å². The summed E-state index contributed by atoms with van der Waals surface area (Å²) in [4.78, 5) is 4.11. The van der Waals surface area contributed by atoms with Gasteiger partial charge in [0.15, 0.2) is 12.4 Å². The smallest absolute Gasteiger partial charge is 0.169 e. The standard InChI is InChI=1S/C33H26N3/c1-35-21-17-26(18-22-35)8-10-28-12-14-33-31(24-28)30-23-27(9-7-25-15-19-34-20-16-25)11-13-32(30)36(33)29-5-3-2-4-6-29/h2-24H,1H3/q+1/b9-7+. The van der Waals surface area contributed by atoms with Crippen molar-refractivity contribution >= 4 is 46.1 Å². The minimum Gasteiger partial charge on any atom is -0.309 e. The lowest BCUT2D eigenvalue weighted by atomic mass is 10.1. The van der Waals surface area contributed by atoms with Gasteiger partial charge in [-0.15, -0.1) is 0 Å². The maximum atomic E-state index is 4.11. The molecule has 0 atom stereocenters. The molecule has 36 heavy (non-hydrogen) atoms. The van der Waals surface area contributed by atoms with E-state index in [-0.39, 0.29) is 0 Å². The van der Waals surface area contributed by atoms with E-state index < -0.39 is 0 Å². The summed E-state index contributed by atoms with van der Waals surface area (Å²) in [5, 5.41) is 2.49. The first-order valence-electron chi connectivity index (χ1n) is 12.1. The second kappa shape index (κ2) is 9.47. The van der Waals surface area contributed by atoms with Crippen molar-refractivity contribution < 1.29 is 4.57 Å². The van der Waals surface area contributed by atoms with Crippen LogP contribution in [0.4, 0.5) is 0 Å². The SMILES string of the molecule is C[n+]1ccc(/C=C/c2ccc3c(c2)c2cc(/C=C/c4ccncc4)ccc2n3-c2ccccc2)cc1. The van der Waals surface area contributed by atoms with Crippen molar-refractivity contribution in [2.24, 2.45) is 7.05 Å². The minimum atomic E-state index is 1.14. The first-order valence-corrected chi connectivity index (χ1v) is 12.1. The van der Waals surface area contributed by atoms with Crippen LogP contribution in [-0.2, 0) is 7.05 Å². The zero-order valence-electron chi connectivity index (χ0n) is 20.1. The van der Waals surface area contributed by atoms with Gasteiger partial charge in [-0.2, -0.15) is 0 Å². The predicted molar refractivity (Wildman–Crippen MR) is 150 cm³/mol. The molecule has 0 spiro atoms. The highest BCUT2D eigenvalue weighted by molar-refractivity contribution is 6.10. The van der Waals surface area contributed by atoms with Crippen LogP contribution in [0.2, 0.25) is 0 Å². The minimum absolute atomic E-state index is 1.14. The first-order chi connectivity index (χ1) is 17.7. The van der Waals surface area contributed by atoms with Crippen LogP contribution >= 0.6 is 0 Å². The molecule has 0 saturated carbocycles. The van der Waals surface area contributed by atoms with E-state index in [4.69, 9.17) is 0 Å². The van der Waals surface area contributed by atoms with Gasteiger partial charge in [0.2, 0.25) is 0 Å². The van der Waals surface area contributed by atoms with Crippen molar-refractivity contribution in [2.45, 2.75) is 0 Å². The van der Waals surface area contributed by atoms with E-state index >= 15 is 0 Å². The lowest BCUT2D eigenvalue weighted by Crippen LogP contribution is -2.25. The number of nitrogens with zero attached hydrogens (tertiary/aromatic N) is 3. The first kappa shape index (κ1) is 21.8. The Morgan fingerprint density at radius 1 is 0.583 bits per heavy atom. The summed E-state index contributed by atoms with van der Waals surface area (Å²) in [5.41, 5.74) is 8.25. The number of aryl methyl sites for hydroxylation is 1. The van der Waals surface area contributed by atoms with Crippen LogP contribution in [-0.4, -0.2) is 9.55 Å². The van der Waals surface area contributed by atoms with E-state index in [0.29, 0.717) is 0 Å². The summed E-state index contributed by atoms with van der Waals surface area (Å²) in [6, 6.07) is 32.3. The van der Waals surface area contributed by atoms with Crippen molar-refractivity contribution in [1.82, 2.24) is 9.55 Å². The molecule has 172 valence electrons. The van der Waals surface area contributed by atoms with E-state index in [1.54, 1.807) is 0 Å². The van der Waals surface area contributed by atoms with Crippen molar-refractivity contribution in [3.63, 3.8) is 0 Å². The average molecular weight is 465 g/mol. The third-order valence-electron chi connectivity index (χ3n) is 6.47. The average Bonchev–Trinajstić information content (AvgIpc) is 3.26. The van der Waals surface area contributed by atoms with Crippen molar-refractivity contribution in [1.29, 1.82) is 0 Å². The van der Waals surface area contributed by atoms with E-state index in [2.05, 4.69) is 125 Å². The molecule has 0 amide bonds. The third kappa shape index (κ3) is 4.35. The number of aromatic nitrogens is 3. The van der Waals surface area contributed by atoms with Gasteiger partial charge in [-0.25, -0.2) is 4.57 Å². The Hall–Kier alpha value is -4.76. The molecule has 0 bridgehead atoms. The Bertz CT molecular complexity index is 1710. The molecule has 0 N–H and O–H groups in total. The van der Waals surface area contributed by atoms with Gasteiger partial charge in [0.1, 0.15) is 7.05 Å². The van der Waals surface area contributed by atoms with Crippen molar-refractivity contribution in [2.75, 3.05) is 0 Å². The summed E-state index contributed by atoms with van der Waals surface area (Å²) in [7, 11) is 2.03. The van der Waals surface area contributed by atoms with Crippen LogP contribution < -0.4 is 4.57 Å². The monoisotopic (exact) mass is 464 g/mol. The van der Waals surface area contributed by atoms with Gasteiger partial charge in [-0.1, -0.05) is 54.6 Å². The summed E-state index contributed by atoms with van der Waals surface area (Å²) in [6.07, 6.45) is 16.4. The molecule has 0 unspecified atom stereocenters. The third-order valence-corrected chi connectivity index (χ3v) is 6.47. The Morgan fingerprint density at radius 3 is 1.69 bits per heavy atom. The van der Waals surface area contributed by atoms with Gasteiger partial charge >= 0.3 is 0 Å². The number of fused-ring (bicyclic) bond motifs is 3. The van der Waals surface area contributed by atoms with Crippen LogP contribution in [0.15, 0.2) is 116 Å². The van der Waals surface area contributed by atoms with Crippen LogP contribution in [0.5, 0.6) is 0 Å². The largest absolute Gasteiger partial charge is 0.309 e. The molecular weight excluding hydrogens is 438 g/mol. The summed E-state index contributed by atoms with van der Waals surface area (Å²) >= 11 is 0. The summed E-state index contributed by atoms with van der Waals surface area (Å²) < 4.78 is 4.40. The molecule has 0 saturated heterocycles. The highest BCUT2D eigenvalue weighted by Gasteiger charge is 2.12. The fraction of sp³-hybridized carbons (Fsp3) is 0.0303. The van der Waals surface area contributed by atoms with Crippen LogP contribution in [0, 0.1) is 0 Å². The second-order valence-corrected chi connectivity index (χ2v) is 8.97. The van der Waals surface area contributed by atoms with E-state index in [9.17, 15) is 0 Å². The molecule has 6 rings (SSSR count). The number of pyridine rings is 2. The summed E-state index contributed by atoms with van der Waals surface area (Å²) in [5.74, 6) is 0. The van der Waals surface area contributed by atoms with Gasteiger partial charge in [0.05, 0.1) is 11.0 Å². The maximum absolute atomic E-state index is 4.11. The van der Waals surface area contributed by atoms with Crippen LogP contribution in [0.3, 0.4) is 0 Å². The van der Waals surface area contributed by atoms with Gasteiger partial charge < -0.3 is 4.57 Å². The molecule has 3 heteroatoms. The van der Waals surface area contributed by atoms with Crippen LogP contribution in [0.1, 0.15) is 22.3 Å². The maximum Gasteiger partial charge on any atom is 0.169 e. The molecule has 3 heterocycles. The molecule has 0 radical (unpaired) electrons. The number of rotatable bonds is 5. The zero-order chi connectivity index (χ0) is 24.3. The van der Waals surface area contributed by atoms with E-state index in [1.165, 1.54) is 38.5 Å². The van der Waals surface area contributed by atoms with Crippen molar-refractivity contribution in [3.8, 4) is 5.69 Å².